The fraction of sp³-hybridized carbons (Fsp3) is 0.182. The maximum atomic E-state index is 9.24. The van der Waals surface area contributed by atoms with Crippen molar-refractivity contribution in [3.05, 3.63) is 42.2 Å². The Balaban J connectivity index is 2.11. The summed E-state index contributed by atoms with van der Waals surface area (Å²) in [6, 6.07) is 4.99. The van der Waals surface area contributed by atoms with E-state index in [0.717, 1.165) is 0 Å². The number of rotatable bonds is 4. The van der Waals surface area contributed by atoms with Crippen molar-refractivity contribution >= 4 is 5.82 Å². The predicted octanol–water partition coefficient (Wildman–Crippen LogP) is 1.09. The van der Waals surface area contributed by atoms with E-state index < -0.39 is 0 Å². The molecule has 2 heterocycles. The van der Waals surface area contributed by atoms with Gasteiger partial charge in [0.2, 0.25) is 0 Å². The number of aliphatic hydroxyl groups excluding tert-OH is 1. The molecule has 6 heteroatoms. The molecule has 0 aliphatic rings. The van der Waals surface area contributed by atoms with Gasteiger partial charge >= 0.3 is 0 Å². The standard InChI is InChI=1S/C11H10N4O2/c12-4-8-5-14-11(6-13-8)15-9(7-16)10-2-1-3-17-10/h1-3,5-6,9,16H,7H2,(H,14,15). The van der Waals surface area contributed by atoms with Crippen LogP contribution in [0.5, 0.6) is 0 Å². The zero-order valence-corrected chi connectivity index (χ0v) is 8.87. The minimum atomic E-state index is -0.382. The van der Waals surface area contributed by atoms with Gasteiger partial charge in [-0.15, -0.1) is 0 Å². The Kier molecular flexibility index (Phi) is 3.33. The zero-order valence-electron chi connectivity index (χ0n) is 8.87. The molecule has 86 valence electrons. The van der Waals surface area contributed by atoms with E-state index in [-0.39, 0.29) is 18.3 Å². The smallest absolute Gasteiger partial charge is 0.158 e. The number of nitriles is 1. The molecule has 1 atom stereocenters. The van der Waals surface area contributed by atoms with Gasteiger partial charge in [0.25, 0.3) is 0 Å². The molecule has 2 aromatic rings. The molecule has 0 aliphatic carbocycles. The largest absolute Gasteiger partial charge is 0.467 e. The molecule has 1 unspecified atom stereocenters. The average molecular weight is 230 g/mol. The summed E-state index contributed by atoms with van der Waals surface area (Å²) >= 11 is 0. The quantitative estimate of drug-likeness (QED) is 0.816. The summed E-state index contributed by atoms with van der Waals surface area (Å²) in [5, 5.41) is 20.8. The molecule has 0 radical (unpaired) electrons. The van der Waals surface area contributed by atoms with E-state index >= 15 is 0 Å². The number of aromatic nitrogens is 2. The van der Waals surface area contributed by atoms with Crippen LogP contribution in [0.3, 0.4) is 0 Å². The normalized spacial score (nSPS) is 11.8. The zero-order chi connectivity index (χ0) is 12.1. The topological polar surface area (TPSA) is 95.0 Å². The van der Waals surface area contributed by atoms with Gasteiger partial charge in [0.15, 0.2) is 5.69 Å². The molecule has 2 aromatic heterocycles. The van der Waals surface area contributed by atoms with Crippen LogP contribution in [-0.4, -0.2) is 21.7 Å². The monoisotopic (exact) mass is 230 g/mol. The lowest BCUT2D eigenvalue weighted by atomic mass is 10.2. The van der Waals surface area contributed by atoms with Crippen molar-refractivity contribution in [1.29, 1.82) is 5.26 Å². The SMILES string of the molecule is N#Cc1cnc(NC(CO)c2ccco2)cn1. The molecule has 0 saturated carbocycles. The number of hydrogen-bond acceptors (Lipinski definition) is 6. The molecular formula is C11H10N4O2. The van der Waals surface area contributed by atoms with Crippen LogP contribution in [-0.2, 0) is 0 Å². The first-order valence-electron chi connectivity index (χ1n) is 4.96. The van der Waals surface area contributed by atoms with E-state index in [1.165, 1.54) is 18.7 Å². The lowest BCUT2D eigenvalue weighted by molar-refractivity contribution is 0.261. The Morgan fingerprint density at radius 3 is 2.88 bits per heavy atom. The Hall–Kier alpha value is -2.39. The van der Waals surface area contributed by atoms with Crippen molar-refractivity contribution in [3.63, 3.8) is 0 Å². The molecular weight excluding hydrogens is 220 g/mol. The maximum Gasteiger partial charge on any atom is 0.158 e. The number of aliphatic hydroxyl groups is 1. The molecule has 0 aliphatic heterocycles. The van der Waals surface area contributed by atoms with Gasteiger partial charge in [0, 0.05) is 0 Å². The Morgan fingerprint density at radius 1 is 1.47 bits per heavy atom. The lowest BCUT2D eigenvalue weighted by Crippen LogP contribution is -2.15. The number of hydrogen-bond donors (Lipinski definition) is 2. The van der Waals surface area contributed by atoms with E-state index in [0.29, 0.717) is 11.6 Å². The van der Waals surface area contributed by atoms with Crippen LogP contribution in [0.25, 0.3) is 0 Å². The van der Waals surface area contributed by atoms with Crippen molar-refractivity contribution in [2.75, 3.05) is 11.9 Å². The highest BCUT2D eigenvalue weighted by atomic mass is 16.3. The van der Waals surface area contributed by atoms with Crippen LogP contribution < -0.4 is 5.32 Å². The summed E-state index contributed by atoms with van der Waals surface area (Å²) in [7, 11) is 0. The number of nitrogens with one attached hydrogen (secondary N) is 1. The van der Waals surface area contributed by atoms with Gasteiger partial charge in [-0.25, -0.2) is 9.97 Å². The van der Waals surface area contributed by atoms with Crippen LogP contribution in [0.2, 0.25) is 0 Å². The third-order valence-electron chi connectivity index (χ3n) is 2.16. The highest BCUT2D eigenvalue weighted by Crippen LogP contribution is 2.17. The van der Waals surface area contributed by atoms with Gasteiger partial charge in [0.05, 0.1) is 25.3 Å². The lowest BCUT2D eigenvalue weighted by Gasteiger charge is -2.13. The predicted molar refractivity (Wildman–Crippen MR) is 58.9 cm³/mol. The molecule has 6 nitrogen and oxygen atoms in total. The number of nitrogens with zero attached hydrogens (tertiary/aromatic N) is 3. The Bertz CT molecular complexity index is 501. The second kappa shape index (κ2) is 5.09. The van der Waals surface area contributed by atoms with Crippen molar-refractivity contribution in [2.45, 2.75) is 6.04 Å². The van der Waals surface area contributed by atoms with Gasteiger partial charge in [0.1, 0.15) is 23.7 Å². The van der Waals surface area contributed by atoms with Crippen LogP contribution in [0.1, 0.15) is 17.5 Å². The number of anilines is 1. The van der Waals surface area contributed by atoms with Gasteiger partial charge in [-0.1, -0.05) is 0 Å². The molecule has 17 heavy (non-hydrogen) atoms. The summed E-state index contributed by atoms with van der Waals surface area (Å²) in [5.74, 6) is 1.08. The second-order valence-electron chi connectivity index (χ2n) is 3.29. The summed E-state index contributed by atoms with van der Waals surface area (Å²) in [4.78, 5) is 7.87. The fourth-order valence-electron chi connectivity index (χ4n) is 1.34. The molecule has 2 rings (SSSR count). The van der Waals surface area contributed by atoms with Crippen molar-refractivity contribution in [1.82, 2.24) is 9.97 Å². The van der Waals surface area contributed by atoms with Gasteiger partial charge in [-0.3, -0.25) is 0 Å². The first-order chi connectivity index (χ1) is 8.33. The molecule has 0 amide bonds. The molecule has 0 bridgehead atoms. The summed E-state index contributed by atoms with van der Waals surface area (Å²) in [6.07, 6.45) is 4.33. The summed E-state index contributed by atoms with van der Waals surface area (Å²) in [6.45, 7) is -0.130. The van der Waals surface area contributed by atoms with E-state index in [2.05, 4.69) is 15.3 Å². The first-order valence-corrected chi connectivity index (χ1v) is 4.96. The van der Waals surface area contributed by atoms with Crippen molar-refractivity contribution in [2.24, 2.45) is 0 Å². The summed E-state index contributed by atoms with van der Waals surface area (Å²) < 4.78 is 5.18. The minimum absolute atomic E-state index is 0.130. The highest BCUT2D eigenvalue weighted by molar-refractivity contribution is 5.35. The van der Waals surface area contributed by atoms with Crippen molar-refractivity contribution < 1.29 is 9.52 Å². The Morgan fingerprint density at radius 2 is 2.35 bits per heavy atom. The van der Waals surface area contributed by atoms with Crippen LogP contribution in [0.4, 0.5) is 5.82 Å². The van der Waals surface area contributed by atoms with Crippen LogP contribution in [0.15, 0.2) is 35.2 Å². The molecule has 0 fully saturated rings. The van der Waals surface area contributed by atoms with Gasteiger partial charge in [-0.05, 0) is 12.1 Å². The molecule has 0 spiro atoms. The van der Waals surface area contributed by atoms with Gasteiger partial charge < -0.3 is 14.8 Å². The van der Waals surface area contributed by atoms with E-state index in [1.54, 1.807) is 12.1 Å². The highest BCUT2D eigenvalue weighted by Gasteiger charge is 2.13. The number of furan rings is 1. The second-order valence-corrected chi connectivity index (χ2v) is 3.29. The molecule has 2 N–H and O–H groups in total. The molecule has 0 aromatic carbocycles. The maximum absolute atomic E-state index is 9.24. The first kappa shape index (κ1) is 11.1. The van der Waals surface area contributed by atoms with E-state index in [9.17, 15) is 5.11 Å². The fourth-order valence-corrected chi connectivity index (χ4v) is 1.34. The Labute approximate surface area is 97.6 Å². The average Bonchev–Trinajstić information content (AvgIpc) is 2.90. The van der Waals surface area contributed by atoms with Crippen LogP contribution in [0, 0.1) is 11.3 Å². The third kappa shape index (κ3) is 2.59. The minimum Gasteiger partial charge on any atom is -0.467 e. The summed E-state index contributed by atoms with van der Waals surface area (Å²) in [5.41, 5.74) is 0.245. The third-order valence-corrected chi connectivity index (χ3v) is 2.16. The molecule has 0 saturated heterocycles. The van der Waals surface area contributed by atoms with Crippen LogP contribution >= 0.6 is 0 Å². The van der Waals surface area contributed by atoms with Crippen molar-refractivity contribution in [3.8, 4) is 6.07 Å². The van der Waals surface area contributed by atoms with Gasteiger partial charge in [-0.2, -0.15) is 5.26 Å². The van der Waals surface area contributed by atoms with E-state index in [1.807, 2.05) is 6.07 Å². The van der Waals surface area contributed by atoms with E-state index in [4.69, 9.17) is 9.68 Å².